The van der Waals surface area contributed by atoms with E-state index in [4.69, 9.17) is 31.4 Å². The van der Waals surface area contributed by atoms with Crippen LogP contribution in [0.3, 0.4) is 0 Å². The Morgan fingerprint density at radius 3 is 2.12 bits per heavy atom. The number of nitrogens with two attached hydrogens (primary N) is 3. The van der Waals surface area contributed by atoms with Gasteiger partial charge < -0.3 is 41.6 Å². The van der Waals surface area contributed by atoms with E-state index in [-0.39, 0.29) is 88.4 Å². The van der Waals surface area contributed by atoms with Gasteiger partial charge in [0.15, 0.2) is 17.3 Å². The highest BCUT2D eigenvalue weighted by molar-refractivity contribution is 6.10. The van der Waals surface area contributed by atoms with E-state index in [0.717, 1.165) is 5.39 Å². The fourth-order valence-corrected chi connectivity index (χ4v) is 7.91. The van der Waals surface area contributed by atoms with Gasteiger partial charge in [0.25, 0.3) is 0 Å². The second kappa shape index (κ2) is 22.5. The van der Waals surface area contributed by atoms with E-state index in [2.05, 4.69) is 26.1 Å². The summed E-state index contributed by atoms with van der Waals surface area (Å²) in [7, 11) is 1.52. The van der Waals surface area contributed by atoms with Gasteiger partial charge >= 0.3 is 0 Å². The van der Waals surface area contributed by atoms with Crippen LogP contribution in [0.1, 0.15) is 87.3 Å². The molecule has 1 heterocycles. The van der Waals surface area contributed by atoms with E-state index in [1.807, 2.05) is 36.4 Å². The van der Waals surface area contributed by atoms with Gasteiger partial charge in [-0.2, -0.15) is 5.26 Å². The summed E-state index contributed by atoms with van der Waals surface area (Å²) < 4.78 is 18.4. The molecule has 4 bridgehead atoms. The maximum atomic E-state index is 14.8. The van der Waals surface area contributed by atoms with E-state index >= 15 is 0 Å². The molecular formula is C50H62N6O8. The van der Waals surface area contributed by atoms with Gasteiger partial charge in [0.1, 0.15) is 36.5 Å². The number of likely N-dealkylation sites (N-methyl/N-ethyl adjacent to an activating group) is 1. The van der Waals surface area contributed by atoms with Crippen molar-refractivity contribution in [3.63, 3.8) is 0 Å². The first-order valence-electron chi connectivity index (χ1n) is 21.9. The lowest BCUT2D eigenvalue weighted by Crippen LogP contribution is -2.46. The van der Waals surface area contributed by atoms with E-state index < -0.39 is 41.5 Å². The van der Waals surface area contributed by atoms with E-state index in [0.29, 0.717) is 57.1 Å². The Morgan fingerprint density at radius 1 is 0.844 bits per heavy atom. The van der Waals surface area contributed by atoms with Crippen molar-refractivity contribution in [3.8, 4) is 34.4 Å². The Labute approximate surface area is 375 Å². The van der Waals surface area contributed by atoms with Crippen LogP contribution in [0.15, 0.2) is 72.8 Å². The van der Waals surface area contributed by atoms with Crippen molar-refractivity contribution in [3.05, 3.63) is 89.5 Å². The number of carbonyl (C=O) groups excluding carboxylic acids is 5. The molecule has 0 aliphatic carbocycles. The molecular weight excluding hydrogens is 813 g/mol. The average molecular weight is 875 g/mol. The number of benzene rings is 4. The number of rotatable bonds is 18. The number of carbonyl (C=O) groups is 5. The van der Waals surface area contributed by atoms with Gasteiger partial charge in [-0.25, -0.2) is 0 Å². The summed E-state index contributed by atoms with van der Waals surface area (Å²) in [6.45, 7) is 9.17. The van der Waals surface area contributed by atoms with Crippen LogP contribution in [0.25, 0.3) is 21.9 Å². The first-order chi connectivity index (χ1) is 30.6. The second-order valence-electron chi connectivity index (χ2n) is 17.6. The zero-order valence-electron chi connectivity index (χ0n) is 37.6. The van der Waals surface area contributed by atoms with Gasteiger partial charge in [0.05, 0.1) is 18.7 Å². The highest BCUT2D eigenvalue weighted by Gasteiger charge is 2.36. The minimum absolute atomic E-state index is 0.0285. The lowest BCUT2D eigenvalue weighted by Gasteiger charge is -2.32. The number of nitrogens with zero attached hydrogens (tertiary/aromatic N) is 2. The van der Waals surface area contributed by atoms with Gasteiger partial charge in [-0.05, 0) is 77.7 Å². The molecule has 0 aromatic heterocycles. The Balaban J connectivity index is 1.60. The van der Waals surface area contributed by atoms with Crippen LogP contribution in [-0.2, 0) is 25.6 Å². The number of amides is 2. The summed E-state index contributed by atoms with van der Waals surface area (Å²) in [6, 6.07) is 21.3. The molecule has 0 radical (unpaired) electrons. The number of nitriles is 1. The van der Waals surface area contributed by atoms with E-state index in [1.54, 1.807) is 49.4 Å². The minimum atomic E-state index is -1.23. The van der Waals surface area contributed by atoms with Gasteiger partial charge in [-0.1, -0.05) is 64.1 Å². The Morgan fingerprint density at radius 2 is 1.48 bits per heavy atom. The summed E-state index contributed by atoms with van der Waals surface area (Å²) in [6.07, 6.45) is -0.316. The van der Waals surface area contributed by atoms with Crippen molar-refractivity contribution in [1.29, 1.82) is 5.26 Å². The van der Waals surface area contributed by atoms with Crippen molar-refractivity contribution in [1.82, 2.24) is 10.2 Å². The number of Topliss-reactive ketones (excluding diaryl/α,β-unsaturated/α-hetero) is 3. The van der Waals surface area contributed by atoms with Crippen molar-refractivity contribution in [2.45, 2.75) is 78.3 Å². The standard InChI is InChI=1S/C50H62N6O8/c1-31-25-43(59)47(56(5)49(61)34(18-20-52)29-42(58)36-14-17-44(64-30-50(2,3)4)37-10-7-6-9-35(36)37)33-13-16-46(63-24-22-54)39(28-33)38-26-32(12-15-45(38)62-23-21-53)27-40(55-48(31)60)41(57)11-8-19-51/h6-7,9-10,12-17,26,28,31,34,40,47H,8,11,18,20-25,27,29-30,52-54H2,1-5H3,(H,55,60)/t31-,34-,40+,47+/m1/s1. The quantitative estimate of drug-likeness (QED) is 0.0863. The number of hydrogen-bond donors (Lipinski definition) is 4. The van der Waals surface area contributed by atoms with E-state index in [1.165, 1.54) is 11.9 Å². The second-order valence-corrected chi connectivity index (χ2v) is 17.6. The molecule has 14 nitrogen and oxygen atoms in total. The monoisotopic (exact) mass is 874 g/mol. The molecule has 2 amide bonds. The van der Waals surface area contributed by atoms with Crippen LogP contribution in [0.4, 0.5) is 0 Å². The van der Waals surface area contributed by atoms with Gasteiger partial charge in [-0.3, -0.25) is 24.0 Å². The Bertz CT molecular complexity index is 2370. The molecule has 1 aliphatic rings. The van der Waals surface area contributed by atoms with Crippen LogP contribution in [0.2, 0.25) is 0 Å². The SMILES string of the molecule is C[C@@H]1CC(=O)[C@@H](N(C)C(=O)[C@H](CCN)CC(=O)c2ccc(OCC(C)(C)C)c3ccccc23)c2ccc(OCCN)c(c2)-c2cc(ccc2OCCN)C[C@@H](C(=O)CCC#N)NC1=O. The average Bonchev–Trinajstić information content (AvgIpc) is 3.27. The largest absolute Gasteiger partial charge is 0.492 e. The molecule has 0 saturated heterocycles. The van der Waals surface area contributed by atoms with Crippen LogP contribution < -0.4 is 36.7 Å². The molecule has 0 fully saturated rings. The van der Waals surface area contributed by atoms with Crippen molar-refractivity contribution >= 4 is 39.9 Å². The van der Waals surface area contributed by atoms with Gasteiger partial charge in [0.2, 0.25) is 11.8 Å². The molecule has 0 unspecified atom stereocenters. The maximum Gasteiger partial charge on any atom is 0.226 e. The van der Waals surface area contributed by atoms with Crippen molar-refractivity contribution in [2.75, 3.05) is 46.5 Å². The zero-order valence-corrected chi connectivity index (χ0v) is 37.6. The number of nitrogens with one attached hydrogen (secondary N) is 1. The minimum Gasteiger partial charge on any atom is -0.492 e. The van der Waals surface area contributed by atoms with Crippen LogP contribution in [0.5, 0.6) is 17.2 Å². The smallest absolute Gasteiger partial charge is 0.226 e. The highest BCUT2D eigenvalue weighted by Crippen LogP contribution is 2.41. The lowest BCUT2D eigenvalue weighted by molar-refractivity contribution is -0.142. The van der Waals surface area contributed by atoms with Crippen molar-refractivity contribution < 1.29 is 38.2 Å². The lowest BCUT2D eigenvalue weighted by atomic mass is 9.88. The first-order valence-corrected chi connectivity index (χ1v) is 21.9. The molecule has 4 atom stereocenters. The molecule has 0 spiro atoms. The molecule has 64 heavy (non-hydrogen) atoms. The van der Waals surface area contributed by atoms with Crippen LogP contribution in [0, 0.1) is 28.6 Å². The predicted octanol–water partition coefficient (Wildman–Crippen LogP) is 5.85. The topological polar surface area (TPSA) is 230 Å². The summed E-state index contributed by atoms with van der Waals surface area (Å²) in [4.78, 5) is 72.5. The Hall–Kier alpha value is -6.14. The van der Waals surface area contributed by atoms with Crippen LogP contribution >= 0.6 is 0 Å². The van der Waals surface area contributed by atoms with Crippen molar-refractivity contribution in [2.24, 2.45) is 34.5 Å². The molecule has 5 rings (SSSR count). The first kappa shape index (κ1) is 48.9. The molecule has 1 aliphatic heterocycles. The highest BCUT2D eigenvalue weighted by atomic mass is 16.5. The number of ketones is 3. The summed E-state index contributed by atoms with van der Waals surface area (Å²) in [5.74, 6) is -2.36. The zero-order chi connectivity index (χ0) is 46.6. The molecule has 4 aromatic rings. The summed E-state index contributed by atoms with van der Waals surface area (Å²) >= 11 is 0. The van der Waals surface area contributed by atoms with Crippen LogP contribution in [-0.4, -0.2) is 86.6 Å². The summed E-state index contributed by atoms with van der Waals surface area (Å²) in [5, 5.41) is 13.6. The third kappa shape index (κ3) is 12.3. The third-order valence-electron chi connectivity index (χ3n) is 11.2. The van der Waals surface area contributed by atoms with Gasteiger partial charge in [-0.15, -0.1) is 0 Å². The van der Waals surface area contributed by atoms with E-state index in [9.17, 15) is 29.2 Å². The Kier molecular flexibility index (Phi) is 17.2. The number of hydrogen-bond acceptors (Lipinski definition) is 12. The normalized spacial score (nSPS) is 17.1. The maximum absolute atomic E-state index is 14.8. The number of ether oxygens (including phenoxy) is 3. The van der Waals surface area contributed by atoms with Gasteiger partial charge in [0, 0.05) is 79.7 Å². The fraction of sp³-hybridized carbons (Fsp3) is 0.440. The molecule has 0 saturated carbocycles. The molecule has 14 heteroatoms. The summed E-state index contributed by atoms with van der Waals surface area (Å²) in [5.41, 5.74) is 20.3. The molecule has 7 N–H and O–H groups in total. The fourth-order valence-electron chi connectivity index (χ4n) is 7.91. The molecule has 340 valence electrons. The molecule has 4 aromatic carbocycles. The predicted molar refractivity (Wildman–Crippen MR) is 246 cm³/mol. The third-order valence-corrected chi connectivity index (χ3v) is 11.2. The number of fused-ring (bicyclic) bond motifs is 6.